The maximum Gasteiger partial charge on any atom is 0.254 e. The van der Waals surface area contributed by atoms with Crippen molar-refractivity contribution < 1.29 is 9.53 Å². The Kier molecular flexibility index (Phi) is 5.87. The molecule has 8 nitrogen and oxygen atoms in total. The molecule has 180 valence electrons. The van der Waals surface area contributed by atoms with E-state index in [-0.39, 0.29) is 18.1 Å². The zero-order chi connectivity index (χ0) is 23.9. The molecule has 6 rings (SSSR count). The number of carbonyl (C=O) groups excluding carboxylic acids is 1. The lowest BCUT2D eigenvalue weighted by Crippen LogP contribution is -2.45. The van der Waals surface area contributed by atoms with Crippen LogP contribution in [0.15, 0.2) is 47.2 Å². The van der Waals surface area contributed by atoms with Gasteiger partial charge in [0.2, 0.25) is 0 Å². The number of aromatic nitrogens is 4. The van der Waals surface area contributed by atoms with Crippen LogP contribution in [0.25, 0.3) is 22.0 Å². The summed E-state index contributed by atoms with van der Waals surface area (Å²) >= 11 is 3.32. The Bertz CT molecular complexity index is 1320. The highest BCUT2D eigenvalue weighted by Crippen LogP contribution is 2.30. The molecule has 0 saturated carbocycles. The summed E-state index contributed by atoms with van der Waals surface area (Å²) in [5.41, 5.74) is 2.65. The Morgan fingerprint density at radius 1 is 1.03 bits per heavy atom. The standard InChI is InChI=1S/C25H26N6O2S2/c1-16-12-30(13-17(2)33-16)25-26-20(15-35-25)23-28-27-22-14-29(9-10-31(22)23)24(32)19-7-5-18(6-8-19)21-4-3-11-34-21/h3-8,11,15-17H,9-10,12-14H2,1-2H3. The van der Waals surface area contributed by atoms with Gasteiger partial charge in [0.05, 0.1) is 18.8 Å². The van der Waals surface area contributed by atoms with Crippen LogP contribution in [0.1, 0.15) is 30.0 Å². The highest BCUT2D eigenvalue weighted by Gasteiger charge is 2.28. The number of thiophene rings is 1. The molecule has 10 heteroatoms. The first-order chi connectivity index (χ1) is 17.0. The quantitative estimate of drug-likeness (QED) is 0.408. The SMILES string of the molecule is CC1CN(c2nc(-c3nnc4n3CCN(C(=O)c3ccc(-c5cccs5)cc3)C4)cs2)CC(C)O1. The van der Waals surface area contributed by atoms with Crippen LogP contribution < -0.4 is 4.90 Å². The van der Waals surface area contributed by atoms with Gasteiger partial charge < -0.3 is 19.1 Å². The molecular weight excluding hydrogens is 480 g/mol. The second-order valence-corrected chi connectivity index (χ2v) is 10.8. The van der Waals surface area contributed by atoms with Gasteiger partial charge in [0.1, 0.15) is 5.69 Å². The number of benzene rings is 1. The second kappa shape index (κ2) is 9.18. The summed E-state index contributed by atoms with van der Waals surface area (Å²) in [5.74, 6) is 1.58. The average Bonchev–Trinajstić information content (AvgIpc) is 3.63. The van der Waals surface area contributed by atoms with E-state index in [1.54, 1.807) is 22.7 Å². The number of morpholine rings is 1. The first kappa shape index (κ1) is 22.4. The van der Waals surface area contributed by atoms with Crippen molar-refractivity contribution in [2.24, 2.45) is 0 Å². The fourth-order valence-corrected chi connectivity index (χ4v) is 6.33. The van der Waals surface area contributed by atoms with Gasteiger partial charge in [-0.25, -0.2) is 4.98 Å². The van der Waals surface area contributed by atoms with E-state index >= 15 is 0 Å². The lowest BCUT2D eigenvalue weighted by atomic mass is 10.1. The van der Waals surface area contributed by atoms with Crippen LogP contribution in [0.5, 0.6) is 0 Å². The predicted octanol–water partition coefficient (Wildman–Crippen LogP) is 4.40. The number of anilines is 1. The molecular formula is C25H26N6O2S2. The Morgan fingerprint density at radius 2 is 1.83 bits per heavy atom. The van der Waals surface area contributed by atoms with Gasteiger partial charge in [-0.2, -0.15) is 0 Å². The third-order valence-corrected chi connectivity index (χ3v) is 8.21. The first-order valence-electron chi connectivity index (χ1n) is 11.8. The van der Waals surface area contributed by atoms with Crippen LogP contribution in [0, 0.1) is 0 Å². The van der Waals surface area contributed by atoms with E-state index in [0.717, 1.165) is 41.1 Å². The molecule has 1 fully saturated rings. The second-order valence-electron chi connectivity index (χ2n) is 9.05. The third kappa shape index (κ3) is 4.37. The Morgan fingerprint density at radius 3 is 2.57 bits per heavy atom. The summed E-state index contributed by atoms with van der Waals surface area (Å²) in [4.78, 5) is 23.4. The minimum absolute atomic E-state index is 0.0185. The molecule has 3 aromatic heterocycles. The van der Waals surface area contributed by atoms with Crippen LogP contribution in [-0.4, -0.2) is 62.4 Å². The number of hydrogen-bond acceptors (Lipinski definition) is 8. The molecule has 2 aliphatic rings. The highest BCUT2D eigenvalue weighted by atomic mass is 32.1. The Labute approximate surface area is 211 Å². The van der Waals surface area contributed by atoms with E-state index in [4.69, 9.17) is 9.72 Å². The summed E-state index contributed by atoms with van der Waals surface area (Å²) < 4.78 is 7.94. The van der Waals surface area contributed by atoms with E-state index in [2.05, 4.69) is 45.0 Å². The molecule has 35 heavy (non-hydrogen) atoms. The van der Waals surface area contributed by atoms with E-state index in [1.165, 1.54) is 4.88 Å². The van der Waals surface area contributed by atoms with Crippen molar-refractivity contribution in [2.75, 3.05) is 24.5 Å². The molecule has 0 radical (unpaired) electrons. The average molecular weight is 507 g/mol. The van der Waals surface area contributed by atoms with Crippen LogP contribution in [0.4, 0.5) is 5.13 Å². The highest BCUT2D eigenvalue weighted by molar-refractivity contribution is 7.14. The molecule has 0 spiro atoms. The van der Waals surface area contributed by atoms with Crippen LogP contribution in [0.2, 0.25) is 0 Å². The largest absolute Gasteiger partial charge is 0.372 e. The minimum atomic E-state index is 0.0185. The summed E-state index contributed by atoms with van der Waals surface area (Å²) in [6, 6.07) is 12.0. The van der Waals surface area contributed by atoms with Crippen molar-refractivity contribution in [3.8, 4) is 22.0 Å². The maximum atomic E-state index is 13.2. The molecule has 1 amide bonds. The molecule has 0 N–H and O–H groups in total. The number of hydrogen-bond donors (Lipinski definition) is 0. The van der Waals surface area contributed by atoms with Crippen molar-refractivity contribution in [1.82, 2.24) is 24.6 Å². The Balaban J connectivity index is 1.16. The monoisotopic (exact) mass is 506 g/mol. The van der Waals surface area contributed by atoms with Gasteiger partial charge in [-0.15, -0.1) is 32.9 Å². The van der Waals surface area contributed by atoms with Gasteiger partial charge in [-0.3, -0.25) is 4.79 Å². The predicted molar refractivity (Wildman–Crippen MR) is 138 cm³/mol. The van der Waals surface area contributed by atoms with Crippen LogP contribution in [-0.2, 0) is 17.8 Å². The van der Waals surface area contributed by atoms with Crippen LogP contribution in [0.3, 0.4) is 0 Å². The number of nitrogens with zero attached hydrogens (tertiary/aromatic N) is 6. The van der Waals surface area contributed by atoms with Gasteiger partial charge in [0.15, 0.2) is 16.8 Å². The van der Waals surface area contributed by atoms with Crippen molar-refractivity contribution >= 4 is 33.7 Å². The van der Waals surface area contributed by atoms with E-state index < -0.39 is 0 Å². The number of ether oxygens (including phenoxy) is 1. The number of thiazole rings is 1. The maximum absolute atomic E-state index is 13.2. The Hall–Kier alpha value is -3.08. The minimum Gasteiger partial charge on any atom is -0.372 e. The normalized spacial score (nSPS) is 20.2. The third-order valence-electron chi connectivity index (χ3n) is 6.39. The van der Waals surface area contributed by atoms with Gasteiger partial charge in [0.25, 0.3) is 5.91 Å². The van der Waals surface area contributed by atoms with E-state index in [0.29, 0.717) is 25.2 Å². The lowest BCUT2D eigenvalue weighted by Gasteiger charge is -2.35. The number of fused-ring (bicyclic) bond motifs is 1. The van der Waals surface area contributed by atoms with Crippen molar-refractivity contribution in [1.29, 1.82) is 0 Å². The molecule has 0 bridgehead atoms. The molecule has 2 aliphatic heterocycles. The summed E-state index contributed by atoms with van der Waals surface area (Å²) in [6.07, 6.45) is 0.365. The van der Waals surface area contributed by atoms with Crippen molar-refractivity contribution in [3.05, 3.63) is 58.5 Å². The smallest absolute Gasteiger partial charge is 0.254 e. The molecule has 1 aromatic carbocycles. The summed E-state index contributed by atoms with van der Waals surface area (Å²) in [7, 11) is 0. The lowest BCUT2D eigenvalue weighted by molar-refractivity contribution is -0.00522. The summed E-state index contributed by atoms with van der Waals surface area (Å²) in [6.45, 7) is 7.55. The van der Waals surface area contributed by atoms with Gasteiger partial charge in [-0.05, 0) is 43.0 Å². The summed E-state index contributed by atoms with van der Waals surface area (Å²) in [5, 5.41) is 13.9. The van der Waals surface area contributed by atoms with E-state index in [1.807, 2.05) is 40.6 Å². The molecule has 1 saturated heterocycles. The number of rotatable bonds is 4. The van der Waals surface area contributed by atoms with Gasteiger partial charge in [-0.1, -0.05) is 18.2 Å². The van der Waals surface area contributed by atoms with Crippen molar-refractivity contribution in [3.63, 3.8) is 0 Å². The fraction of sp³-hybridized carbons (Fsp3) is 0.360. The zero-order valence-corrected chi connectivity index (χ0v) is 21.3. The van der Waals surface area contributed by atoms with E-state index in [9.17, 15) is 4.79 Å². The van der Waals surface area contributed by atoms with Crippen molar-refractivity contribution in [2.45, 2.75) is 39.1 Å². The number of carbonyl (C=O) groups is 1. The molecule has 0 aliphatic carbocycles. The fourth-order valence-electron chi connectivity index (χ4n) is 4.77. The topological polar surface area (TPSA) is 76.4 Å². The first-order valence-corrected chi connectivity index (χ1v) is 13.5. The number of amides is 1. The molecule has 5 heterocycles. The van der Waals surface area contributed by atoms with Crippen LogP contribution >= 0.6 is 22.7 Å². The molecule has 2 unspecified atom stereocenters. The molecule has 4 aromatic rings. The zero-order valence-electron chi connectivity index (χ0n) is 19.6. The van der Waals surface area contributed by atoms with Gasteiger partial charge >= 0.3 is 0 Å². The molecule has 2 atom stereocenters. The van der Waals surface area contributed by atoms with Gasteiger partial charge in [0, 0.05) is 42.0 Å².